The van der Waals surface area contributed by atoms with Crippen LogP contribution < -0.4 is 9.62 Å². The summed E-state index contributed by atoms with van der Waals surface area (Å²) in [6, 6.07) is 14.5. The Labute approximate surface area is 236 Å². The maximum Gasteiger partial charge on any atom is 0.417 e. The van der Waals surface area contributed by atoms with E-state index < -0.39 is 56.9 Å². The molecule has 0 aromatic heterocycles. The molecule has 0 bridgehead atoms. The molecule has 0 saturated carbocycles. The quantitative estimate of drug-likeness (QED) is 0.362. The van der Waals surface area contributed by atoms with Crippen molar-refractivity contribution in [1.29, 1.82) is 0 Å². The number of carbonyl (C=O) groups is 2. The number of alkyl halides is 3. The smallest absolute Gasteiger partial charge is 0.357 e. The van der Waals surface area contributed by atoms with E-state index >= 15 is 0 Å². The van der Waals surface area contributed by atoms with Gasteiger partial charge in [0.25, 0.3) is 10.0 Å². The maximum absolute atomic E-state index is 13.8. The van der Waals surface area contributed by atoms with Crippen molar-refractivity contribution >= 4 is 39.1 Å². The second kappa shape index (κ2) is 12.3. The Morgan fingerprint density at radius 2 is 1.50 bits per heavy atom. The average Bonchev–Trinajstić information content (AvgIpc) is 2.90. The third-order valence-corrected chi connectivity index (χ3v) is 8.44. The van der Waals surface area contributed by atoms with Crippen LogP contribution in [0.5, 0.6) is 0 Å². The van der Waals surface area contributed by atoms with Gasteiger partial charge in [0, 0.05) is 13.6 Å². The van der Waals surface area contributed by atoms with Crippen molar-refractivity contribution in [2.45, 2.75) is 44.4 Å². The van der Waals surface area contributed by atoms with Crippen LogP contribution in [0, 0.1) is 13.8 Å². The van der Waals surface area contributed by atoms with Crippen molar-refractivity contribution in [2.24, 2.45) is 0 Å². The van der Waals surface area contributed by atoms with Crippen molar-refractivity contribution in [3.63, 3.8) is 0 Å². The lowest BCUT2D eigenvalue weighted by molar-refractivity contribution is -0.139. The van der Waals surface area contributed by atoms with Gasteiger partial charge in [-0.25, -0.2) is 8.42 Å². The van der Waals surface area contributed by atoms with Gasteiger partial charge < -0.3 is 10.2 Å². The Balaban J connectivity index is 2.12. The van der Waals surface area contributed by atoms with Gasteiger partial charge in [-0.1, -0.05) is 59.1 Å². The first kappa shape index (κ1) is 31.0. The molecule has 0 aliphatic rings. The third kappa shape index (κ3) is 7.14. The summed E-state index contributed by atoms with van der Waals surface area (Å²) in [6.07, 6.45) is -4.87. The van der Waals surface area contributed by atoms with Gasteiger partial charge >= 0.3 is 6.18 Å². The fourth-order valence-corrected chi connectivity index (χ4v) is 5.56. The highest BCUT2D eigenvalue weighted by atomic mass is 35.5. The van der Waals surface area contributed by atoms with Crippen LogP contribution in [0.1, 0.15) is 29.2 Å². The van der Waals surface area contributed by atoms with Gasteiger partial charge in [0.2, 0.25) is 11.8 Å². The molecule has 0 radical (unpaired) electrons. The van der Waals surface area contributed by atoms with Crippen LogP contribution in [-0.2, 0) is 32.3 Å². The van der Waals surface area contributed by atoms with E-state index in [4.69, 9.17) is 11.6 Å². The summed E-state index contributed by atoms with van der Waals surface area (Å²) in [5.74, 6) is -1.30. The molecule has 0 fully saturated rings. The van der Waals surface area contributed by atoms with E-state index in [-0.39, 0.29) is 11.4 Å². The third-order valence-electron chi connectivity index (χ3n) is 6.32. The number of carbonyl (C=O) groups excluding carboxylic acids is 2. The number of nitrogens with zero attached hydrogens (tertiary/aromatic N) is 2. The van der Waals surface area contributed by atoms with Crippen molar-refractivity contribution in [2.75, 3.05) is 17.9 Å². The zero-order chi connectivity index (χ0) is 29.8. The molecular weight excluding hydrogens is 567 g/mol. The minimum Gasteiger partial charge on any atom is -0.357 e. The molecule has 0 heterocycles. The van der Waals surface area contributed by atoms with Crippen molar-refractivity contribution < 1.29 is 31.2 Å². The highest BCUT2D eigenvalue weighted by Gasteiger charge is 2.36. The first-order valence-electron chi connectivity index (χ1n) is 12.2. The molecule has 214 valence electrons. The zero-order valence-corrected chi connectivity index (χ0v) is 23.9. The number of hydrogen-bond acceptors (Lipinski definition) is 4. The second-order valence-electron chi connectivity index (χ2n) is 9.28. The van der Waals surface area contributed by atoms with Crippen molar-refractivity contribution in [1.82, 2.24) is 10.2 Å². The molecule has 0 spiro atoms. The van der Waals surface area contributed by atoms with E-state index in [9.17, 15) is 31.2 Å². The molecule has 2 amide bonds. The van der Waals surface area contributed by atoms with Crippen molar-refractivity contribution in [3.05, 3.63) is 94.0 Å². The van der Waals surface area contributed by atoms with Gasteiger partial charge in [0.1, 0.15) is 12.6 Å². The lowest BCUT2D eigenvalue weighted by atomic mass is 10.1. The van der Waals surface area contributed by atoms with Crippen LogP contribution in [0.4, 0.5) is 18.9 Å². The van der Waals surface area contributed by atoms with Crippen molar-refractivity contribution in [3.8, 4) is 0 Å². The second-order valence-corrected chi connectivity index (χ2v) is 11.6. The number of likely N-dealkylation sites (N-methyl/N-ethyl adjacent to an activating group) is 1. The van der Waals surface area contributed by atoms with Crippen LogP contribution in [0.2, 0.25) is 5.02 Å². The lowest BCUT2D eigenvalue weighted by Crippen LogP contribution is -2.50. The SMILES string of the molecule is CNC(=O)[C@H](C)N(Cc1ccc(C)cc1)C(=O)CN(c1ccc(Cl)c(C(F)(F)F)c1)S(=O)(=O)c1ccc(C)cc1. The van der Waals surface area contributed by atoms with Gasteiger partial charge in [0.15, 0.2) is 0 Å². The van der Waals surface area contributed by atoms with Crippen LogP contribution in [0.15, 0.2) is 71.6 Å². The predicted molar refractivity (Wildman–Crippen MR) is 147 cm³/mol. The number of sulfonamides is 1. The molecule has 3 rings (SSSR count). The summed E-state index contributed by atoms with van der Waals surface area (Å²) < 4.78 is 69.2. The summed E-state index contributed by atoms with van der Waals surface area (Å²) >= 11 is 5.78. The van der Waals surface area contributed by atoms with Gasteiger partial charge in [0.05, 0.1) is 21.2 Å². The highest BCUT2D eigenvalue weighted by molar-refractivity contribution is 7.92. The summed E-state index contributed by atoms with van der Waals surface area (Å²) in [7, 11) is -3.13. The number of anilines is 1. The summed E-state index contributed by atoms with van der Waals surface area (Å²) in [5, 5.41) is 1.85. The number of benzene rings is 3. The van der Waals surface area contributed by atoms with E-state index in [0.717, 1.165) is 23.3 Å². The highest BCUT2D eigenvalue weighted by Crippen LogP contribution is 2.38. The monoisotopic (exact) mass is 595 g/mol. The first-order chi connectivity index (χ1) is 18.6. The number of nitrogens with one attached hydrogen (secondary N) is 1. The minimum absolute atomic E-state index is 0.0411. The number of hydrogen-bond donors (Lipinski definition) is 1. The van der Waals surface area contributed by atoms with E-state index in [1.165, 1.54) is 43.1 Å². The molecule has 3 aromatic carbocycles. The summed E-state index contributed by atoms with van der Waals surface area (Å²) in [6.45, 7) is 4.20. The summed E-state index contributed by atoms with van der Waals surface area (Å²) in [5.41, 5.74) is 0.746. The number of aryl methyl sites for hydroxylation is 2. The lowest BCUT2D eigenvalue weighted by Gasteiger charge is -2.32. The fourth-order valence-electron chi connectivity index (χ4n) is 3.93. The van der Waals surface area contributed by atoms with Gasteiger partial charge in [-0.15, -0.1) is 0 Å². The van der Waals surface area contributed by atoms with E-state index in [2.05, 4.69) is 5.32 Å². The molecule has 7 nitrogen and oxygen atoms in total. The Morgan fingerprint density at radius 1 is 0.950 bits per heavy atom. The Hall–Kier alpha value is -3.57. The van der Waals surface area contributed by atoms with Crippen LogP contribution in [0.25, 0.3) is 0 Å². The topological polar surface area (TPSA) is 86.8 Å². The molecule has 1 N–H and O–H groups in total. The van der Waals surface area contributed by atoms with Crippen LogP contribution in [-0.4, -0.2) is 44.8 Å². The largest absolute Gasteiger partial charge is 0.417 e. The molecule has 1 atom stereocenters. The molecular formula is C28H29ClF3N3O4S. The van der Waals surface area contributed by atoms with Crippen LogP contribution >= 0.6 is 11.6 Å². The van der Waals surface area contributed by atoms with E-state index in [0.29, 0.717) is 15.9 Å². The first-order valence-corrected chi connectivity index (χ1v) is 14.0. The number of amides is 2. The fraction of sp³-hybridized carbons (Fsp3) is 0.286. The molecule has 0 aliphatic carbocycles. The van der Waals surface area contributed by atoms with Gasteiger partial charge in [-0.2, -0.15) is 13.2 Å². The molecule has 0 saturated heterocycles. The molecule has 0 aliphatic heterocycles. The Kier molecular flexibility index (Phi) is 9.52. The Bertz CT molecular complexity index is 1480. The standard InChI is InChI=1S/C28H29ClF3N3O4S/c1-18-5-9-21(10-6-18)16-34(20(3)27(37)33-4)26(36)17-35(40(38,39)23-12-7-19(2)8-13-23)22-11-14-25(29)24(15-22)28(30,31)32/h5-15,20H,16-17H2,1-4H3,(H,33,37)/t20-/m0/s1. The Morgan fingerprint density at radius 3 is 2.02 bits per heavy atom. The van der Waals surface area contributed by atoms with Gasteiger partial charge in [-0.3, -0.25) is 13.9 Å². The number of halogens is 4. The summed E-state index contributed by atoms with van der Waals surface area (Å²) in [4.78, 5) is 27.2. The van der Waals surface area contributed by atoms with E-state index in [1.54, 1.807) is 19.1 Å². The molecule has 12 heteroatoms. The molecule has 3 aromatic rings. The maximum atomic E-state index is 13.8. The molecule has 40 heavy (non-hydrogen) atoms. The average molecular weight is 596 g/mol. The predicted octanol–water partition coefficient (Wildman–Crippen LogP) is 5.33. The normalized spacial score (nSPS) is 12.5. The minimum atomic E-state index is -4.87. The van der Waals surface area contributed by atoms with Crippen LogP contribution in [0.3, 0.4) is 0 Å². The van der Waals surface area contributed by atoms with E-state index in [1.807, 2.05) is 19.1 Å². The number of rotatable bonds is 9. The van der Waals surface area contributed by atoms with Gasteiger partial charge in [-0.05, 0) is 56.7 Å². The molecule has 0 unspecified atom stereocenters. The zero-order valence-electron chi connectivity index (χ0n) is 22.3.